The van der Waals surface area contributed by atoms with Crippen LogP contribution in [0.4, 0.5) is 16.0 Å². The van der Waals surface area contributed by atoms with Gasteiger partial charge in [-0.25, -0.2) is 4.39 Å². The lowest BCUT2D eigenvalue weighted by Crippen LogP contribution is -2.13. The van der Waals surface area contributed by atoms with Crippen molar-refractivity contribution in [2.45, 2.75) is 6.92 Å². The first-order chi connectivity index (χ1) is 11.0. The first-order valence-electron chi connectivity index (χ1n) is 6.96. The summed E-state index contributed by atoms with van der Waals surface area (Å²) in [5, 5.41) is 13.0. The number of halogens is 1. The van der Waals surface area contributed by atoms with Crippen LogP contribution < -0.4 is 10.9 Å². The summed E-state index contributed by atoms with van der Waals surface area (Å²) >= 11 is 0. The average molecular weight is 311 g/mol. The molecule has 0 amide bonds. The molecule has 0 fully saturated rings. The number of anilines is 2. The van der Waals surface area contributed by atoms with Crippen LogP contribution in [0.15, 0.2) is 53.3 Å². The minimum Gasteiger partial charge on any atom is -0.493 e. The highest BCUT2D eigenvalue weighted by atomic mass is 19.1. The summed E-state index contributed by atoms with van der Waals surface area (Å²) in [5.41, 5.74) is 0.816. The largest absolute Gasteiger partial charge is 0.493 e. The van der Waals surface area contributed by atoms with E-state index in [0.717, 1.165) is 0 Å². The third-order valence-corrected chi connectivity index (χ3v) is 3.40. The van der Waals surface area contributed by atoms with Gasteiger partial charge in [0.05, 0.1) is 0 Å². The molecule has 0 atom stereocenters. The number of nitrogens with zero attached hydrogens (tertiary/aromatic N) is 1. The van der Waals surface area contributed by atoms with Crippen LogP contribution in [0.2, 0.25) is 0 Å². The first kappa shape index (κ1) is 14.8. The van der Waals surface area contributed by atoms with Crippen LogP contribution in [0.3, 0.4) is 0 Å². The lowest BCUT2D eigenvalue weighted by molar-refractivity contribution is 0.454. The molecule has 0 aliphatic heterocycles. The van der Waals surface area contributed by atoms with E-state index in [1.165, 1.54) is 6.07 Å². The van der Waals surface area contributed by atoms with E-state index in [4.69, 9.17) is 0 Å². The van der Waals surface area contributed by atoms with Crippen molar-refractivity contribution in [3.8, 4) is 17.0 Å². The Morgan fingerprint density at radius 3 is 2.57 bits per heavy atom. The standard InChI is InChI=1S/C17H14FN3O2/c1-10-7-8-11(9-13(10)18)14-15(22)20-17(21-16(14)23)19-12-5-3-2-4-6-12/h2-9H,1H3,(H3,19,20,21,22,23). The Hall–Kier alpha value is -3.15. The minimum absolute atomic E-state index is 0.0671. The Morgan fingerprint density at radius 2 is 1.91 bits per heavy atom. The Morgan fingerprint density at radius 1 is 1.17 bits per heavy atom. The highest BCUT2D eigenvalue weighted by Crippen LogP contribution is 2.26. The Labute approximate surface area is 131 Å². The van der Waals surface area contributed by atoms with Crippen molar-refractivity contribution in [3.05, 3.63) is 70.3 Å². The van der Waals surface area contributed by atoms with Gasteiger partial charge >= 0.3 is 0 Å². The number of nitrogens with one attached hydrogen (secondary N) is 2. The summed E-state index contributed by atoms with van der Waals surface area (Å²) in [4.78, 5) is 18.7. The summed E-state index contributed by atoms with van der Waals surface area (Å²) in [6.45, 7) is 1.62. The molecular weight excluding hydrogens is 297 g/mol. The molecular formula is C17H14FN3O2. The molecule has 116 valence electrons. The topological polar surface area (TPSA) is 78.0 Å². The highest BCUT2D eigenvalue weighted by Gasteiger charge is 2.14. The first-order valence-corrected chi connectivity index (χ1v) is 6.96. The van der Waals surface area contributed by atoms with Crippen LogP contribution in [0.5, 0.6) is 5.88 Å². The molecule has 3 rings (SSSR count). The van der Waals surface area contributed by atoms with Crippen LogP contribution in [0, 0.1) is 12.7 Å². The molecule has 0 radical (unpaired) electrons. The number of hydrogen-bond acceptors (Lipinski definition) is 4. The molecule has 0 spiro atoms. The predicted molar refractivity (Wildman–Crippen MR) is 86.4 cm³/mol. The monoisotopic (exact) mass is 311 g/mol. The summed E-state index contributed by atoms with van der Waals surface area (Å²) in [6, 6.07) is 13.4. The number of aryl methyl sites for hydroxylation is 1. The number of benzene rings is 2. The smallest absolute Gasteiger partial charge is 0.264 e. The van der Waals surface area contributed by atoms with Crippen molar-refractivity contribution in [2.75, 3.05) is 5.32 Å². The molecule has 5 nitrogen and oxygen atoms in total. The molecule has 1 heterocycles. The van der Waals surface area contributed by atoms with Gasteiger partial charge < -0.3 is 10.4 Å². The van der Waals surface area contributed by atoms with Gasteiger partial charge in [0, 0.05) is 5.69 Å². The summed E-state index contributed by atoms with van der Waals surface area (Å²) in [7, 11) is 0. The second kappa shape index (κ2) is 5.92. The molecule has 1 aromatic heterocycles. The number of aromatic amines is 1. The predicted octanol–water partition coefficient (Wildman–Crippen LogP) is 3.33. The van der Waals surface area contributed by atoms with E-state index in [9.17, 15) is 14.3 Å². The Bertz CT molecular complexity index is 907. The maximum Gasteiger partial charge on any atom is 0.264 e. The van der Waals surface area contributed by atoms with Crippen molar-refractivity contribution < 1.29 is 9.50 Å². The molecule has 3 aromatic rings. The van der Waals surface area contributed by atoms with Crippen molar-refractivity contribution in [1.82, 2.24) is 9.97 Å². The third-order valence-electron chi connectivity index (χ3n) is 3.40. The van der Waals surface area contributed by atoms with Crippen LogP contribution in [0.1, 0.15) is 5.56 Å². The molecule has 0 aliphatic carbocycles. The number of aromatic hydroxyl groups is 1. The molecule has 0 bridgehead atoms. The summed E-state index contributed by atoms with van der Waals surface area (Å²) < 4.78 is 13.7. The van der Waals surface area contributed by atoms with Crippen LogP contribution in [-0.4, -0.2) is 15.1 Å². The average Bonchev–Trinajstić information content (AvgIpc) is 2.51. The maximum absolute atomic E-state index is 13.7. The molecule has 0 unspecified atom stereocenters. The fourth-order valence-corrected chi connectivity index (χ4v) is 2.19. The lowest BCUT2D eigenvalue weighted by atomic mass is 10.1. The third kappa shape index (κ3) is 3.06. The van der Waals surface area contributed by atoms with Gasteiger partial charge in [0.1, 0.15) is 11.4 Å². The summed E-state index contributed by atoms with van der Waals surface area (Å²) in [6.07, 6.45) is 0. The van der Waals surface area contributed by atoms with Crippen molar-refractivity contribution in [3.63, 3.8) is 0 Å². The molecule has 0 saturated heterocycles. The second-order valence-corrected chi connectivity index (χ2v) is 5.07. The number of rotatable bonds is 3. The van der Waals surface area contributed by atoms with Crippen molar-refractivity contribution in [1.29, 1.82) is 0 Å². The van der Waals surface area contributed by atoms with Crippen LogP contribution in [0.25, 0.3) is 11.1 Å². The van der Waals surface area contributed by atoms with Gasteiger partial charge in [-0.05, 0) is 36.2 Å². The highest BCUT2D eigenvalue weighted by molar-refractivity contribution is 5.69. The quantitative estimate of drug-likeness (QED) is 0.693. The number of H-pyrrole nitrogens is 1. The van der Waals surface area contributed by atoms with E-state index in [-0.39, 0.29) is 17.1 Å². The van der Waals surface area contributed by atoms with Crippen molar-refractivity contribution in [2.24, 2.45) is 0 Å². The van der Waals surface area contributed by atoms with Gasteiger partial charge in [-0.1, -0.05) is 30.3 Å². The molecule has 2 aromatic carbocycles. The second-order valence-electron chi connectivity index (χ2n) is 5.07. The zero-order chi connectivity index (χ0) is 16.4. The number of aromatic nitrogens is 2. The van der Waals surface area contributed by atoms with Gasteiger partial charge in [-0.2, -0.15) is 4.98 Å². The van der Waals surface area contributed by atoms with Crippen molar-refractivity contribution >= 4 is 11.6 Å². The van der Waals surface area contributed by atoms with E-state index in [0.29, 0.717) is 11.3 Å². The number of para-hydroxylation sites is 1. The number of hydrogen-bond donors (Lipinski definition) is 3. The Kier molecular flexibility index (Phi) is 3.80. The van der Waals surface area contributed by atoms with E-state index in [1.807, 2.05) is 18.2 Å². The Balaban J connectivity index is 2.01. The van der Waals surface area contributed by atoms with Gasteiger partial charge in [0.15, 0.2) is 0 Å². The molecule has 3 N–H and O–H groups in total. The molecule has 0 aliphatic rings. The van der Waals surface area contributed by atoms with E-state index in [1.54, 1.807) is 31.2 Å². The van der Waals surface area contributed by atoms with Gasteiger partial charge in [-0.15, -0.1) is 0 Å². The van der Waals surface area contributed by atoms with Crippen LogP contribution >= 0.6 is 0 Å². The lowest BCUT2D eigenvalue weighted by Gasteiger charge is -2.08. The zero-order valence-corrected chi connectivity index (χ0v) is 12.3. The van der Waals surface area contributed by atoms with E-state index >= 15 is 0 Å². The molecule has 6 heteroatoms. The zero-order valence-electron chi connectivity index (χ0n) is 12.3. The van der Waals surface area contributed by atoms with Gasteiger partial charge in [-0.3, -0.25) is 9.78 Å². The van der Waals surface area contributed by atoms with E-state index < -0.39 is 17.3 Å². The minimum atomic E-state index is -0.556. The maximum atomic E-state index is 13.7. The fraction of sp³-hybridized carbons (Fsp3) is 0.0588. The normalized spacial score (nSPS) is 10.5. The fourth-order valence-electron chi connectivity index (χ4n) is 2.19. The summed E-state index contributed by atoms with van der Waals surface area (Å²) in [5.74, 6) is -0.807. The SMILES string of the molecule is Cc1ccc(-c2c(O)nc(Nc3ccccc3)[nH]c2=O)cc1F. The van der Waals surface area contributed by atoms with E-state index in [2.05, 4.69) is 15.3 Å². The van der Waals surface area contributed by atoms with Gasteiger partial charge in [0.2, 0.25) is 11.8 Å². The molecule has 0 saturated carbocycles. The van der Waals surface area contributed by atoms with Gasteiger partial charge in [0.25, 0.3) is 5.56 Å². The molecule has 23 heavy (non-hydrogen) atoms. The van der Waals surface area contributed by atoms with Crippen LogP contribution in [-0.2, 0) is 0 Å².